The predicted molar refractivity (Wildman–Crippen MR) is 80.1 cm³/mol. The van der Waals surface area contributed by atoms with Gasteiger partial charge in [0.15, 0.2) is 0 Å². The number of allylic oxidation sites excluding steroid dienone is 3. The Hall–Kier alpha value is -2.48. The van der Waals surface area contributed by atoms with Gasteiger partial charge in [-0.1, -0.05) is 54.6 Å². The van der Waals surface area contributed by atoms with E-state index in [0.29, 0.717) is 13.0 Å². The van der Waals surface area contributed by atoms with Gasteiger partial charge < -0.3 is 0 Å². The summed E-state index contributed by atoms with van der Waals surface area (Å²) in [5, 5.41) is 0. The maximum absolute atomic E-state index is 11.8. The summed E-state index contributed by atoms with van der Waals surface area (Å²) in [5.41, 5.74) is 4.13. The minimum absolute atomic E-state index is 0.430. The second-order valence-electron chi connectivity index (χ2n) is 4.75. The maximum Gasteiger partial charge on any atom is 0.237 e. The molecule has 0 saturated heterocycles. The van der Waals surface area contributed by atoms with Crippen molar-refractivity contribution in [3.8, 4) is 11.1 Å². The van der Waals surface area contributed by atoms with E-state index in [2.05, 4.69) is 24.3 Å². The highest BCUT2D eigenvalue weighted by Gasteiger charge is 2.20. The lowest BCUT2D eigenvalue weighted by Crippen LogP contribution is -2.12. The number of rotatable bonds is 3. The van der Waals surface area contributed by atoms with Crippen molar-refractivity contribution < 1.29 is 4.76 Å². The minimum atomic E-state index is 0.430. The lowest BCUT2D eigenvalue weighted by Gasteiger charge is -2.08. The minimum Gasteiger partial charge on any atom is -0.0622 e. The Morgan fingerprint density at radius 2 is 1.95 bits per heavy atom. The van der Waals surface area contributed by atoms with Crippen LogP contribution in [-0.4, -0.2) is 11.3 Å². The van der Waals surface area contributed by atoms with Gasteiger partial charge in [0, 0.05) is 15.7 Å². The molecule has 0 bridgehead atoms. The van der Waals surface area contributed by atoms with Gasteiger partial charge in [-0.25, -0.2) is 0 Å². The van der Waals surface area contributed by atoms with Crippen LogP contribution in [0.15, 0.2) is 72.5 Å². The first-order valence-corrected chi connectivity index (χ1v) is 6.70. The highest BCUT2D eigenvalue weighted by atomic mass is 16.3. The molecule has 0 fully saturated rings. The highest BCUT2D eigenvalue weighted by molar-refractivity contribution is 5.67. The quantitative estimate of drug-likeness (QED) is 0.766. The van der Waals surface area contributed by atoms with Gasteiger partial charge in [-0.2, -0.15) is 0 Å². The van der Waals surface area contributed by atoms with E-state index in [1.165, 1.54) is 0 Å². The summed E-state index contributed by atoms with van der Waals surface area (Å²) in [6.45, 7) is 0.430. The van der Waals surface area contributed by atoms with Crippen molar-refractivity contribution in [1.82, 2.24) is 0 Å². The van der Waals surface area contributed by atoms with Gasteiger partial charge in [0.1, 0.15) is 0 Å². The molecule has 2 aromatic carbocycles. The van der Waals surface area contributed by atoms with Crippen LogP contribution in [-0.2, 0) is 6.42 Å². The standard InChI is InChI=1S/C18H15NO/c20-19-13-7-6-11-17(19)14-16-10-4-5-12-18(16)15-8-2-1-3-9-15/h1-9,11-12H,13-14H2/q+1. The van der Waals surface area contributed by atoms with Crippen LogP contribution in [0, 0.1) is 11.0 Å². The molecule has 0 spiro atoms. The maximum atomic E-state index is 11.8. The van der Waals surface area contributed by atoms with E-state index in [1.54, 1.807) is 0 Å². The fraction of sp³-hybridized carbons (Fsp3) is 0.111. The van der Waals surface area contributed by atoms with Crippen molar-refractivity contribution in [2.24, 2.45) is 0 Å². The molecule has 1 heterocycles. The SMILES string of the molecule is O=[N+]1CC=CC=C1Cc1[c]cccc1-c1ccccc1. The van der Waals surface area contributed by atoms with E-state index in [9.17, 15) is 4.91 Å². The fourth-order valence-corrected chi connectivity index (χ4v) is 2.37. The second kappa shape index (κ2) is 5.66. The molecule has 1 radical (unpaired) electrons. The van der Waals surface area contributed by atoms with Crippen molar-refractivity contribution in [2.75, 3.05) is 6.54 Å². The topological polar surface area (TPSA) is 20.1 Å². The first-order chi connectivity index (χ1) is 9.84. The van der Waals surface area contributed by atoms with Crippen molar-refractivity contribution in [2.45, 2.75) is 6.42 Å². The second-order valence-corrected chi connectivity index (χ2v) is 4.75. The largest absolute Gasteiger partial charge is 0.237 e. The summed E-state index contributed by atoms with van der Waals surface area (Å²) in [6, 6.07) is 19.4. The normalized spacial score (nSPS) is 14.2. The fourth-order valence-electron chi connectivity index (χ4n) is 2.37. The number of benzene rings is 2. The summed E-state index contributed by atoms with van der Waals surface area (Å²) in [4.78, 5) is 11.8. The Labute approximate surface area is 118 Å². The zero-order valence-corrected chi connectivity index (χ0v) is 11.1. The molecule has 20 heavy (non-hydrogen) atoms. The zero-order valence-electron chi connectivity index (χ0n) is 11.1. The first kappa shape index (κ1) is 12.5. The molecule has 97 valence electrons. The summed E-state index contributed by atoms with van der Waals surface area (Å²) in [5.74, 6) is 0. The van der Waals surface area contributed by atoms with Crippen molar-refractivity contribution in [3.63, 3.8) is 0 Å². The van der Waals surface area contributed by atoms with Gasteiger partial charge in [-0.15, -0.1) is 0 Å². The van der Waals surface area contributed by atoms with Crippen LogP contribution in [0.2, 0.25) is 0 Å². The molecule has 3 rings (SSSR count). The molecule has 0 saturated carbocycles. The molecular formula is C18H15NO+. The Kier molecular flexibility index (Phi) is 3.55. The predicted octanol–water partition coefficient (Wildman–Crippen LogP) is 3.93. The van der Waals surface area contributed by atoms with Gasteiger partial charge in [0.2, 0.25) is 12.2 Å². The zero-order chi connectivity index (χ0) is 13.8. The monoisotopic (exact) mass is 261 g/mol. The van der Waals surface area contributed by atoms with Crippen LogP contribution < -0.4 is 0 Å². The Morgan fingerprint density at radius 3 is 2.75 bits per heavy atom. The third-order valence-electron chi connectivity index (χ3n) is 3.40. The summed E-state index contributed by atoms with van der Waals surface area (Å²) in [7, 11) is 0. The number of hydrogen-bond acceptors (Lipinski definition) is 1. The van der Waals surface area contributed by atoms with Crippen LogP contribution in [0.1, 0.15) is 5.56 Å². The molecule has 0 unspecified atom stereocenters. The third-order valence-corrected chi connectivity index (χ3v) is 3.40. The Morgan fingerprint density at radius 1 is 1.10 bits per heavy atom. The van der Waals surface area contributed by atoms with Crippen LogP contribution in [0.3, 0.4) is 0 Å². The number of nitrogens with zero attached hydrogens (tertiary/aromatic N) is 1. The van der Waals surface area contributed by atoms with Crippen molar-refractivity contribution in [3.05, 3.63) is 89.0 Å². The van der Waals surface area contributed by atoms with E-state index in [1.807, 2.05) is 48.6 Å². The van der Waals surface area contributed by atoms with Crippen LogP contribution in [0.4, 0.5) is 0 Å². The number of nitroso groups, excluding NO2 is 1. The lowest BCUT2D eigenvalue weighted by atomic mass is 9.96. The van der Waals surface area contributed by atoms with Gasteiger partial charge in [0.05, 0.1) is 6.42 Å². The molecule has 1 aliphatic heterocycles. The average molecular weight is 261 g/mol. The average Bonchev–Trinajstić information content (AvgIpc) is 2.51. The molecule has 0 amide bonds. The molecule has 0 aliphatic carbocycles. The molecule has 0 atom stereocenters. The van der Waals surface area contributed by atoms with E-state index in [0.717, 1.165) is 27.1 Å². The van der Waals surface area contributed by atoms with E-state index in [-0.39, 0.29) is 0 Å². The Bertz CT molecular complexity index is 684. The Balaban J connectivity index is 1.97. The molecule has 0 N–H and O–H groups in total. The van der Waals surface area contributed by atoms with E-state index < -0.39 is 0 Å². The van der Waals surface area contributed by atoms with E-state index >= 15 is 0 Å². The molecule has 1 aliphatic rings. The third kappa shape index (κ3) is 2.59. The van der Waals surface area contributed by atoms with E-state index in [4.69, 9.17) is 0 Å². The first-order valence-electron chi connectivity index (χ1n) is 6.70. The summed E-state index contributed by atoms with van der Waals surface area (Å²) < 4.78 is 1.04. The van der Waals surface area contributed by atoms with Crippen LogP contribution >= 0.6 is 0 Å². The van der Waals surface area contributed by atoms with Gasteiger partial charge in [-0.3, -0.25) is 0 Å². The highest BCUT2D eigenvalue weighted by Crippen LogP contribution is 2.25. The smallest absolute Gasteiger partial charge is 0.0622 e. The van der Waals surface area contributed by atoms with Crippen LogP contribution in [0.5, 0.6) is 0 Å². The van der Waals surface area contributed by atoms with Gasteiger partial charge in [0.25, 0.3) is 0 Å². The number of hydrogen-bond donors (Lipinski definition) is 0. The summed E-state index contributed by atoms with van der Waals surface area (Å²) in [6.07, 6.45) is 6.29. The van der Waals surface area contributed by atoms with Crippen molar-refractivity contribution >= 4 is 0 Å². The molecule has 0 aromatic heterocycles. The molecular weight excluding hydrogens is 246 g/mol. The van der Waals surface area contributed by atoms with Crippen LogP contribution in [0.25, 0.3) is 11.1 Å². The molecule has 2 nitrogen and oxygen atoms in total. The summed E-state index contributed by atoms with van der Waals surface area (Å²) >= 11 is 0. The van der Waals surface area contributed by atoms with Gasteiger partial charge >= 0.3 is 0 Å². The van der Waals surface area contributed by atoms with Crippen molar-refractivity contribution in [1.29, 1.82) is 0 Å². The lowest BCUT2D eigenvalue weighted by molar-refractivity contribution is -0.491. The molecule has 2 heteroatoms. The van der Waals surface area contributed by atoms with Gasteiger partial charge in [-0.05, 0) is 28.8 Å². The molecule has 2 aromatic rings.